The molecule has 1 N–H and O–H groups in total. The highest BCUT2D eigenvalue weighted by molar-refractivity contribution is 7.91. The molecule has 0 heterocycles. The maximum Gasteiger partial charge on any atom is 0.278 e. The molecular weight excluding hydrogens is 280 g/mol. The molecule has 0 saturated heterocycles. The number of sulfone groups is 1. The number of benzene rings is 1. The number of non-ortho nitro benzene ring substituents is 1. The Bertz CT molecular complexity index is 555. The van der Waals surface area contributed by atoms with E-state index in [9.17, 15) is 18.5 Å². The van der Waals surface area contributed by atoms with Gasteiger partial charge in [-0.1, -0.05) is 13.8 Å². The fourth-order valence-corrected chi connectivity index (χ4v) is 3.04. The molecule has 1 radical (unpaired) electrons. The molecular formula is C13H19N2O4S. The van der Waals surface area contributed by atoms with Gasteiger partial charge in [0.25, 0.3) is 5.69 Å². The zero-order valence-electron chi connectivity index (χ0n) is 11.6. The lowest BCUT2D eigenvalue weighted by atomic mass is 10.3. The summed E-state index contributed by atoms with van der Waals surface area (Å²) in [5.74, 6) is -0.00601. The van der Waals surface area contributed by atoms with Gasteiger partial charge in [-0.05, 0) is 31.5 Å². The molecule has 0 atom stereocenters. The van der Waals surface area contributed by atoms with E-state index in [1.807, 2.05) is 13.8 Å². The van der Waals surface area contributed by atoms with Crippen molar-refractivity contribution in [2.45, 2.75) is 37.6 Å². The third-order valence-corrected chi connectivity index (χ3v) is 4.50. The zero-order chi connectivity index (χ0) is 15.2. The predicted molar refractivity (Wildman–Crippen MR) is 76.4 cm³/mol. The number of nitro benzene ring substituents is 1. The Balaban J connectivity index is 2.60. The summed E-state index contributed by atoms with van der Waals surface area (Å²) in [5.41, 5.74) is -0.326. The van der Waals surface area contributed by atoms with Crippen molar-refractivity contribution in [3.8, 4) is 0 Å². The van der Waals surface area contributed by atoms with Crippen LogP contribution in [0.25, 0.3) is 0 Å². The van der Waals surface area contributed by atoms with Crippen molar-refractivity contribution in [3.05, 3.63) is 34.4 Å². The van der Waals surface area contributed by atoms with Crippen LogP contribution < -0.4 is 5.32 Å². The van der Waals surface area contributed by atoms with Crippen LogP contribution in [-0.4, -0.2) is 31.7 Å². The number of nitrogens with zero attached hydrogens (tertiary/aromatic N) is 1. The molecule has 0 fully saturated rings. The van der Waals surface area contributed by atoms with Gasteiger partial charge in [0.15, 0.2) is 9.84 Å². The van der Waals surface area contributed by atoms with E-state index in [0.717, 1.165) is 19.0 Å². The molecule has 1 aromatic rings. The molecule has 1 aromatic carbocycles. The quantitative estimate of drug-likeness (QED) is 0.450. The molecule has 111 valence electrons. The van der Waals surface area contributed by atoms with Gasteiger partial charge in [-0.25, -0.2) is 8.42 Å². The van der Waals surface area contributed by atoms with Crippen molar-refractivity contribution >= 4 is 15.5 Å². The van der Waals surface area contributed by atoms with Gasteiger partial charge in [0.05, 0.1) is 21.6 Å². The van der Waals surface area contributed by atoms with E-state index in [1.54, 1.807) is 0 Å². The molecule has 0 bridgehead atoms. The number of rotatable bonds is 8. The van der Waals surface area contributed by atoms with E-state index in [2.05, 4.69) is 11.4 Å². The second kappa shape index (κ2) is 7.35. The molecule has 6 nitrogen and oxygen atoms in total. The van der Waals surface area contributed by atoms with E-state index >= 15 is 0 Å². The van der Waals surface area contributed by atoms with E-state index in [4.69, 9.17) is 0 Å². The van der Waals surface area contributed by atoms with Gasteiger partial charge in [0.1, 0.15) is 0 Å². The van der Waals surface area contributed by atoms with E-state index in [-0.39, 0.29) is 16.3 Å². The third-order valence-electron chi connectivity index (χ3n) is 2.71. The largest absolute Gasteiger partial charge is 0.315 e. The van der Waals surface area contributed by atoms with E-state index in [0.29, 0.717) is 12.5 Å². The molecule has 0 aliphatic rings. The Hall–Kier alpha value is -1.47. The summed E-state index contributed by atoms with van der Waals surface area (Å²) in [6.45, 7) is 4.81. The van der Waals surface area contributed by atoms with Gasteiger partial charge in [0.2, 0.25) is 0 Å². The van der Waals surface area contributed by atoms with Gasteiger partial charge in [-0.3, -0.25) is 10.1 Å². The lowest BCUT2D eigenvalue weighted by Gasteiger charge is -2.08. The average Bonchev–Trinajstić information content (AvgIpc) is 2.38. The molecule has 7 heteroatoms. The fourth-order valence-electron chi connectivity index (χ4n) is 1.66. The Morgan fingerprint density at radius 1 is 1.40 bits per heavy atom. The number of hydrogen-bond acceptors (Lipinski definition) is 5. The molecule has 1 rings (SSSR count). The summed E-state index contributed by atoms with van der Waals surface area (Å²) in [7, 11) is -3.47. The monoisotopic (exact) mass is 299 g/mol. The lowest BCUT2D eigenvalue weighted by Crippen LogP contribution is -2.24. The highest BCUT2D eigenvalue weighted by Gasteiger charge is 2.17. The summed E-state index contributed by atoms with van der Waals surface area (Å²) >= 11 is 0. The van der Waals surface area contributed by atoms with Gasteiger partial charge < -0.3 is 5.32 Å². The molecule has 0 spiro atoms. The molecule has 0 amide bonds. The summed E-state index contributed by atoms with van der Waals surface area (Å²) in [4.78, 5) is 9.95. The highest BCUT2D eigenvalue weighted by Crippen LogP contribution is 2.18. The first-order valence-corrected chi connectivity index (χ1v) is 8.10. The fraction of sp³-hybridized carbons (Fsp3) is 0.538. The van der Waals surface area contributed by atoms with Crippen LogP contribution in [0.2, 0.25) is 0 Å². The first-order valence-electron chi connectivity index (χ1n) is 6.45. The Morgan fingerprint density at radius 3 is 2.70 bits per heavy atom. The first kappa shape index (κ1) is 16.6. The van der Waals surface area contributed by atoms with E-state index < -0.39 is 14.8 Å². The maximum atomic E-state index is 12.0. The minimum absolute atomic E-state index is 0.00601. The average molecular weight is 299 g/mol. The minimum Gasteiger partial charge on any atom is -0.315 e. The number of nitrogens with one attached hydrogen (secondary N) is 1. The smallest absolute Gasteiger partial charge is 0.278 e. The second-order valence-corrected chi connectivity index (χ2v) is 6.91. The first-order chi connectivity index (χ1) is 9.33. The molecule has 0 unspecified atom stereocenters. The second-order valence-electron chi connectivity index (χ2n) is 4.80. The Labute approximate surface area is 119 Å². The number of nitro groups is 1. The molecule has 0 aliphatic carbocycles. The SMILES string of the molecule is CC(C)NCCCCS(=O)(=O)c1cc[c]c([N+](=O)[O-])c1. The third kappa shape index (κ3) is 5.26. The van der Waals surface area contributed by atoms with Crippen LogP contribution in [0.3, 0.4) is 0 Å². The predicted octanol–water partition coefficient (Wildman–Crippen LogP) is 1.95. The topological polar surface area (TPSA) is 89.3 Å². The van der Waals surface area contributed by atoms with Gasteiger partial charge >= 0.3 is 0 Å². The van der Waals surface area contributed by atoms with Crippen molar-refractivity contribution in [3.63, 3.8) is 0 Å². The highest BCUT2D eigenvalue weighted by atomic mass is 32.2. The van der Waals surface area contributed by atoms with Gasteiger partial charge in [-0.2, -0.15) is 0 Å². The van der Waals surface area contributed by atoms with Gasteiger partial charge in [0, 0.05) is 12.1 Å². The normalized spacial score (nSPS) is 11.8. The van der Waals surface area contributed by atoms with E-state index in [1.165, 1.54) is 12.1 Å². The minimum atomic E-state index is -3.47. The maximum absolute atomic E-state index is 12.0. The zero-order valence-corrected chi connectivity index (χ0v) is 12.4. The summed E-state index contributed by atoms with van der Waals surface area (Å²) in [6.07, 6.45) is 1.27. The van der Waals surface area contributed by atoms with Crippen LogP contribution in [0.15, 0.2) is 23.1 Å². The van der Waals surface area contributed by atoms with Gasteiger partial charge in [-0.15, -0.1) is 0 Å². The summed E-state index contributed by atoms with van der Waals surface area (Å²) in [6, 6.07) is 6.44. The lowest BCUT2D eigenvalue weighted by molar-refractivity contribution is -0.385. The van der Waals surface area contributed by atoms with Crippen molar-refractivity contribution in [1.82, 2.24) is 5.32 Å². The van der Waals surface area contributed by atoms with Crippen molar-refractivity contribution in [2.75, 3.05) is 12.3 Å². The van der Waals surface area contributed by atoms with Crippen LogP contribution in [0.4, 0.5) is 5.69 Å². The standard InChI is InChI=1S/C13H19N2O4S/c1-11(2)14-8-3-4-9-20(18,19)13-7-5-6-12(10-13)15(16)17/h5,7,10-11,14H,3-4,8-9H2,1-2H3. The molecule has 20 heavy (non-hydrogen) atoms. The molecule has 0 aromatic heterocycles. The molecule has 0 saturated carbocycles. The van der Waals surface area contributed by atoms with Crippen LogP contribution in [0.5, 0.6) is 0 Å². The summed E-state index contributed by atoms with van der Waals surface area (Å²) < 4.78 is 24.1. The van der Waals surface area contributed by atoms with Crippen LogP contribution in [0.1, 0.15) is 26.7 Å². The van der Waals surface area contributed by atoms with Crippen molar-refractivity contribution < 1.29 is 13.3 Å². The Kier molecular flexibility index (Phi) is 6.09. The summed E-state index contributed by atoms with van der Waals surface area (Å²) in [5, 5.41) is 13.8. The Morgan fingerprint density at radius 2 is 2.10 bits per heavy atom. The molecule has 0 aliphatic heterocycles. The van der Waals surface area contributed by atoms with Crippen molar-refractivity contribution in [1.29, 1.82) is 0 Å². The van der Waals surface area contributed by atoms with Crippen molar-refractivity contribution in [2.24, 2.45) is 0 Å². The number of hydrogen-bond donors (Lipinski definition) is 1. The van der Waals surface area contributed by atoms with Crippen LogP contribution in [0, 0.1) is 16.2 Å². The van der Waals surface area contributed by atoms with Crippen LogP contribution in [-0.2, 0) is 9.84 Å². The van der Waals surface area contributed by atoms with Crippen LogP contribution >= 0.6 is 0 Å². The number of unbranched alkanes of at least 4 members (excludes halogenated alkanes) is 1.